The van der Waals surface area contributed by atoms with E-state index in [4.69, 9.17) is 24.4 Å². The van der Waals surface area contributed by atoms with Crippen molar-refractivity contribution in [3.63, 3.8) is 0 Å². The van der Waals surface area contributed by atoms with Crippen molar-refractivity contribution < 1.29 is 18.9 Å². The largest absolute Gasteiger partial charge is 0.369 e. The average molecular weight is 304 g/mol. The van der Waals surface area contributed by atoms with Crippen LogP contribution in [0.4, 0.5) is 0 Å². The minimum Gasteiger partial charge on any atom is -0.369 e. The van der Waals surface area contributed by atoms with Crippen LogP contribution in [0, 0.1) is 5.41 Å². The Labute approximate surface area is 124 Å². The van der Waals surface area contributed by atoms with Gasteiger partial charge in [-0.25, -0.2) is 9.89 Å². The van der Waals surface area contributed by atoms with Gasteiger partial charge in [-0.1, -0.05) is 0 Å². The van der Waals surface area contributed by atoms with E-state index in [-0.39, 0.29) is 19.4 Å². The van der Waals surface area contributed by atoms with Gasteiger partial charge in [-0.3, -0.25) is 15.6 Å². The highest BCUT2D eigenvalue weighted by Crippen LogP contribution is 2.04. The Morgan fingerprint density at radius 2 is 1.52 bits per heavy atom. The van der Waals surface area contributed by atoms with Gasteiger partial charge >= 0.3 is 0 Å². The molecular weight excluding hydrogens is 280 g/mol. The first-order valence-corrected chi connectivity index (χ1v) is 6.30. The van der Waals surface area contributed by atoms with Gasteiger partial charge in [-0.2, -0.15) is 0 Å². The summed E-state index contributed by atoms with van der Waals surface area (Å²) in [5, 5.41) is 13.6. The van der Waals surface area contributed by atoms with Crippen LogP contribution in [0.1, 0.15) is 0 Å². The van der Waals surface area contributed by atoms with Gasteiger partial charge in [0, 0.05) is 28.4 Å². The van der Waals surface area contributed by atoms with Crippen molar-refractivity contribution >= 4 is 11.9 Å². The molecule has 1 aliphatic heterocycles. The monoisotopic (exact) mass is 304 g/mol. The van der Waals surface area contributed by atoms with Crippen LogP contribution in [0.2, 0.25) is 0 Å². The lowest BCUT2D eigenvalue weighted by Crippen LogP contribution is -2.60. The van der Waals surface area contributed by atoms with E-state index in [0.29, 0.717) is 19.4 Å². The van der Waals surface area contributed by atoms with E-state index in [0.717, 1.165) is 0 Å². The van der Waals surface area contributed by atoms with Crippen LogP contribution in [0.3, 0.4) is 0 Å². The van der Waals surface area contributed by atoms with Crippen LogP contribution < -0.4 is 10.6 Å². The van der Waals surface area contributed by atoms with Gasteiger partial charge in [0.25, 0.3) is 0 Å². The SMILES string of the molecule is COCN(COC)C1=NC(N(COC)COC)NC(=N)N1. The number of ether oxygens (including phenoxy) is 4. The lowest BCUT2D eigenvalue weighted by atomic mass is 10.5. The van der Waals surface area contributed by atoms with Gasteiger partial charge < -0.3 is 24.3 Å². The van der Waals surface area contributed by atoms with Gasteiger partial charge in [0.05, 0.1) is 0 Å². The van der Waals surface area contributed by atoms with Crippen molar-refractivity contribution in [3.8, 4) is 0 Å². The summed E-state index contributed by atoms with van der Waals surface area (Å²) < 4.78 is 20.5. The first-order valence-electron chi connectivity index (χ1n) is 6.30. The van der Waals surface area contributed by atoms with Crippen molar-refractivity contribution in [3.05, 3.63) is 0 Å². The Morgan fingerprint density at radius 1 is 1.00 bits per heavy atom. The second-order valence-corrected chi connectivity index (χ2v) is 4.27. The molecule has 21 heavy (non-hydrogen) atoms. The first kappa shape index (κ1) is 17.6. The Balaban J connectivity index is 2.88. The second-order valence-electron chi connectivity index (χ2n) is 4.27. The molecule has 0 aliphatic carbocycles. The molecule has 0 spiro atoms. The zero-order valence-corrected chi connectivity index (χ0v) is 12.9. The lowest BCUT2D eigenvalue weighted by Gasteiger charge is -2.35. The fourth-order valence-corrected chi connectivity index (χ4v) is 1.77. The molecule has 1 unspecified atom stereocenters. The molecule has 0 bridgehead atoms. The topological polar surface area (TPSA) is 104 Å². The summed E-state index contributed by atoms with van der Waals surface area (Å²) in [5.74, 6) is 0.601. The van der Waals surface area contributed by atoms with Crippen LogP contribution in [-0.2, 0) is 18.9 Å². The molecule has 0 radical (unpaired) electrons. The first-order chi connectivity index (χ1) is 10.2. The van der Waals surface area contributed by atoms with Crippen LogP contribution in [0.25, 0.3) is 0 Å². The molecule has 1 rings (SSSR count). The minimum absolute atomic E-state index is 0.124. The molecule has 1 atom stereocenters. The fourth-order valence-electron chi connectivity index (χ4n) is 1.77. The Morgan fingerprint density at radius 3 is 2.00 bits per heavy atom. The highest BCUT2D eigenvalue weighted by atomic mass is 16.5. The molecular formula is C11H24N6O4. The maximum Gasteiger partial charge on any atom is 0.207 e. The summed E-state index contributed by atoms with van der Waals surface area (Å²) in [4.78, 5) is 8.00. The van der Waals surface area contributed by atoms with E-state index < -0.39 is 6.29 Å². The maximum absolute atomic E-state index is 7.85. The highest BCUT2D eigenvalue weighted by Gasteiger charge is 2.26. The van der Waals surface area contributed by atoms with Crippen molar-refractivity contribution in [1.82, 2.24) is 20.4 Å². The van der Waals surface area contributed by atoms with Gasteiger partial charge in [-0.05, 0) is 0 Å². The lowest BCUT2D eigenvalue weighted by molar-refractivity contribution is -0.0426. The van der Waals surface area contributed by atoms with E-state index in [1.54, 1.807) is 38.2 Å². The molecule has 10 heteroatoms. The summed E-state index contributed by atoms with van der Waals surface area (Å²) in [6, 6.07) is 0. The zero-order valence-electron chi connectivity index (χ0n) is 12.9. The van der Waals surface area contributed by atoms with E-state index in [9.17, 15) is 0 Å². The Kier molecular flexibility index (Phi) is 7.93. The summed E-state index contributed by atoms with van der Waals surface area (Å²) in [5.41, 5.74) is 0. The number of rotatable bonds is 9. The molecule has 0 saturated carbocycles. The summed E-state index contributed by atoms with van der Waals surface area (Å²) in [6.45, 7) is 1.19. The third kappa shape index (κ3) is 5.44. The zero-order chi connectivity index (χ0) is 15.7. The van der Waals surface area contributed by atoms with E-state index in [2.05, 4.69) is 15.6 Å². The van der Waals surface area contributed by atoms with Gasteiger partial charge in [0.2, 0.25) is 5.96 Å². The summed E-state index contributed by atoms with van der Waals surface area (Å²) in [6.07, 6.45) is -0.482. The van der Waals surface area contributed by atoms with Crippen LogP contribution >= 0.6 is 0 Å². The van der Waals surface area contributed by atoms with Crippen molar-refractivity contribution in [2.75, 3.05) is 55.4 Å². The van der Waals surface area contributed by atoms with Crippen LogP contribution in [-0.4, -0.2) is 83.4 Å². The smallest absolute Gasteiger partial charge is 0.207 e. The fraction of sp³-hybridized carbons (Fsp3) is 0.818. The van der Waals surface area contributed by atoms with Crippen molar-refractivity contribution in [2.24, 2.45) is 4.99 Å². The highest BCUT2D eigenvalue weighted by molar-refractivity contribution is 5.99. The molecule has 0 aromatic rings. The molecule has 0 saturated heterocycles. The predicted octanol–water partition coefficient (Wildman–Crippen LogP) is -1.23. The second kappa shape index (κ2) is 9.47. The van der Waals surface area contributed by atoms with Crippen LogP contribution in [0.15, 0.2) is 4.99 Å². The molecule has 0 amide bonds. The molecule has 10 nitrogen and oxygen atoms in total. The number of methoxy groups -OCH3 is 4. The Bertz CT molecular complexity index is 342. The Hall–Kier alpha value is -1.46. The van der Waals surface area contributed by atoms with E-state index >= 15 is 0 Å². The normalized spacial score (nSPS) is 18.2. The third-order valence-electron chi connectivity index (χ3n) is 2.56. The molecule has 3 N–H and O–H groups in total. The van der Waals surface area contributed by atoms with E-state index in [1.165, 1.54) is 0 Å². The molecule has 1 aliphatic rings. The quantitative estimate of drug-likeness (QED) is 0.455. The van der Waals surface area contributed by atoms with E-state index in [1.807, 2.05) is 0 Å². The summed E-state index contributed by atoms with van der Waals surface area (Å²) >= 11 is 0. The van der Waals surface area contributed by atoms with Crippen molar-refractivity contribution in [1.29, 1.82) is 5.41 Å². The number of aliphatic imine (C=N–C) groups is 1. The number of hydrogen-bond donors (Lipinski definition) is 3. The van der Waals surface area contributed by atoms with Crippen LogP contribution in [0.5, 0.6) is 0 Å². The molecule has 0 fully saturated rings. The standard InChI is InChI=1S/C11H24N6O4/c1-18-5-16(6-19-2)10-13-9(12)14-11(15-10)17(7-20-3)8-21-4/h10H,5-8H2,1-4H3,(H3,12,13,14,15). The molecule has 122 valence electrons. The minimum atomic E-state index is -0.482. The third-order valence-corrected chi connectivity index (χ3v) is 2.56. The maximum atomic E-state index is 7.85. The number of nitrogens with zero attached hydrogens (tertiary/aromatic N) is 3. The summed E-state index contributed by atoms with van der Waals surface area (Å²) in [7, 11) is 6.33. The van der Waals surface area contributed by atoms with Gasteiger partial charge in [0.15, 0.2) is 12.2 Å². The number of guanidine groups is 2. The number of nitrogens with one attached hydrogen (secondary N) is 3. The van der Waals surface area contributed by atoms with Gasteiger partial charge in [0.1, 0.15) is 26.9 Å². The molecule has 0 aromatic carbocycles. The number of hydrogen-bond acceptors (Lipinski definition) is 8. The predicted molar refractivity (Wildman–Crippen MR) is 76.4 cm³/mol. The molecule has 1 heterocycles. The molecule has 0 aromatic heterocycles. The van der Waals surface area contributed by atoms with Gasteiger partial charge in [-0.15, -0.1) is 0 Å². The average Bonchev–Trinajstić information content (AvgIpc) is 2.46. The van der Waals surface area contributed by atoms with Crippen molar-refractivity contribution in [2.45, 2.75) is 6.29 Å².